The third-order valence-corrected chi connectivity index (χ3v) is 11.4. The molecular weight excluding hydrogens is 655 g/mol. The smallest absolute Gasteiger partial charge is 0.214 e. The summed E-state index contributed by atoms with van der Waals surface area (Å²) >= 11 is 0. The lowest BCUT2D eigenvalue weighted by molar-refractivity contribution is -0.436. The van der Waals surface area contributed by atoms with Gasteiger partial charge in [-0.2, -0.15) is 4.58 Å². The van der Waals surface area contributed by atoms with Crippen LogP contribution in [0.25, 0.3) is 38.5 Å². The second-order valence-electron chi connectivity index (χ2n) is 14.7. The molecule has 1 aromatic heterocycles. The van der Waals surface area contributed by atoms with Gasteiger partial charge in [0, 0.05) is 58.1 Å². The first kappa shape index (κ1) is 33.9. The van der Waals surface area contributed by atoms with Crippen LogP contribution in [-0.2, 0) is 6.54 Å². The minimum atomic E-state index is 0.978. The van der Waals surface area contributed by atoms with E-state index in [1.54, 1.807) is 0 Å². The van der Waals surface area contributed by atoms with Gasteiger partial charge in [-0.25, -0.2) is 0 Å². The Hall–Kier alpha value is -5.93. The monoisotopic (exact) mass is 702 g/mol. The largest absolute Gasteiger partial charge is 0.340 e. The molecule has 9 rings (SSSR count). The van der Waals surface area contributed by atoms with Gasteiger partial charge < -0.3 is 9.47 Å². The number of hydrogen-bond donors (Lipinski definition) is 0. The minimum Gasteiger partial charge on any atom is -0.340 e. The predicted molar refractivity (Wildman–Crippen MR) is 230 cm³/mol. The van der Waals surface area contributed by atoms with E-state index in [0.717, 1.165) is 51.6 Å². The molecule has 0 saturated heterocycles. The van der Waals surface area contributed by atoms with Crippen LogP contribution in [0.5, 0.6) is 0 Å². The normalized spacial score (nSPS) is 15.4. The molecule has 3 heteroatoms. The highest BCUT2D eigenvalue weighted by molar-refractivity contribution is 6.19. The quantitative estimate of drug-likeness (QED) is 0.115. The molecule has 0 bridgehead atoms. The fourth-order valence-corrected chi connectivity index (χ4v) is 8.79. The summed E-state index contributed by atoms with van der Waals surface area (Å²) in [6, 6.07) is 48.9. The number of allylic oxidation sites excluding steroid dienone is 5. The fraction of sp³-hybridized carbons (Fsp3) is 0.196. The van der Waals surface area contributed by atoms with Crippen LogP contribution in [0.15, 0.2) is 169 Å². The summed E-state index contributed by atoms with van der Waals surface area (Å²) in [7, 11) is 0. The number of anilines is 2. The van der Waals surface area contributed by atoms with Crippen LogP contribution >= 0.6 is 0 Å². The van der Waals surface area contributed by atoms with E-state index in [4.69, 9.17) is 0 Å². The van der Waals surface area contributed by atoms with Crippen LogP contribution in [0.2, 0.25) is 0 Å². The van der Waals surface area contributed by atoms with Gasteiger partial charge in [0.15, 0.2) is 0 Å². The van der Waals surface area contributed by atoms with Crippen molar-refractivity contribution in [3.05, 3.63) is 179 Å². The highest BCUT2D eigenvalue weighted by Gasteiger charge is 2.31. The van der Waals surface area contributed by atoms with Crippen LogP contribution in [0.3, 0.4) is 0 Å². The van der Waals surface area contributed by atoms with Crippen LogP contribution in [0.1, 0.15) is 57.9 Å². The average molecular weight is 703 g/mol. The molecule has 0 fully saturated rings. The number of hydrogen-bond acceptors (Lipinski definition) is 1. The van der Waals surface area contributed by atoms with Crippen molar-refractivity contribution in [3.63, 3.8) is 0 Å². The molecule has 0 amide bonds. The highest BCUT2D eigenvalue weighted by atomic mass is 15.2. The number of nitrogens with zero attached hydrogens (tertiary/aromatic N) is 3. The van der Waals surface area contributed by atoms with E-state index in [0.29, 0.717) is 0 Å². The molecule has 0 unspecified atom stereocenters. The Bertz CT molecular complexity index is 2620. The minimum absolute atomic E-state index is 0.978. The van der Waals surface area contributed by atoms with Crippen molar-refractivity contribution in [3.8, 4) is 0 Å². The summed E-state index contributed by atoms with van der Waals surface area (Å²) in [4.78, 5) is 2.49. The van der Waals surface area contributed by atoms with Crippen molar-refractivity contribution < 1.29 is 4.58 Å². The number of unbranched alkanes of at least 4 members (excludes halogenated alkanes) is 2. The molecule has 1 aliphatic carbocycles. The summed E-state index contributed by atoms with van der Waals surface area (Å²) in [5.41, 5.74) is 11.6. The van der Waals surface area contributed by atoms with Gasteiger partial charge in [0.05, 0.1) is 16.6 Å². The van der Waals surface area contributed by atoms with Gasteiger partial charge in [-0.15, -0.1) is 0 Å². The third kappa shape index (κ3) is 5.98. The topological polar surface area (TPSA) is 11.2 Å². The van der Waals surface area contributed by atoms with Crippen molar-refractivity contribution in [2.45, 2.75) is 58.9 Å². The maximum atomic E-state index is 2.56. The molecule has 2 aliphatic rings. The van der Waals surface area contributed by atoms with Gasteiger partial charge >= 0.3 is 0 Å². The standard InChI is InChI=1S/C51H48N3/c1-3-5-35-52-45(43-25-13-17-37-19-15-27-47(52)49(37)43)33-31-39-29-30-40(51(39)54(41-21-9-7-10-22-41)42-23-11-8-12-24-42)32-34-46-44-26-14-18-38-20-16-28-48(50(38)44)53(46)36-6-4-2/h7-28,31-34H,3-6,29-30,35-36H2,1-2H3/q+1. The maximum Gasteiger partial charge on any atom is 0.214 e. The van der Waals surface area contributed by atoms with E-state index in [2.05, 4.69) is 186 Å². The van der Waals surface area contributed by atoms with Crippen molar-refractivity contribution in [1.82, 2.24) is 4.57 Å². The Morgan fingerprint density at radius 2 is 1.30 bits per heavy atom. The first-order chi connectivity index (χ1) is 26.7. The van der Waals surface area contributed by atoms with Crippen LogP contribution in [0.4, 0.5) is 17.1 Å². The lowest BCUT2D eigenvalue weighted by Crippen LogP contribution is -2.18. The predicted octanol–water partition coefficient (Wildman–Crippen LogP) is 12.6. The van der Waals surface area contributed by atoms with Gasteiger partial charge in [0.25, 0.3) is 0 Å². The molecule has 0 radical (unpaired) electrons. The molecule has 6 aromatic carbocycles. The van der Waals surface area contributed by atoms with Crippen molar-refractivity contribution >= 4 is 61.3 Å². The SMILES string of the molecule is CCCCn1/c(=C/C=C2\CCC(/C=C/C3=[N+](CCCC)c4cccc5cccc3c45)=C2N(c2ccccc2)c2ccccc2)c2cccc3cccc1c32. The first-order valence-electron chi connectivity index (χ1n) is 19.9. The fourth-order valence-electron chi connectivity index (χ4n) is 8.79. The van der Waals surface area contributed by atoms with E-state index >= 15 is 0 Å². The van der Waals surface area contributed by atoms with Gasteiger partial charge in [0.1, 0.15) is 6.54 Å². The zero-order chi connectivity index (χ0) is 36.4. The molecule has 0 saturated carbocycles. The second kappa shape index (κ2) is 14.8. The zero-order valence-electron chi connectivity index (χ0n) is 31.5. The summed E-state index contributed by atoms with van der Waals surface area (Å²) in [5, 5.41) is 8.01. The Kier molecular flexibility index (Phi) is 9.31. The summed E-state index contributed by atoms with van der Waals surface area (Å²) in [6.45, 7) is 6.60. The Morgan fingerprint density at radius 3 is 2.02 bits per heavy atom. The summed E-state index contributed by atoms with van der Waals surface area (Å²) in [6.07, 6.45) is 16.3. The number of para-hydroxylation sites is 2. The number of aryl methyl sites for hydroxylation is 1. The van der Waals surface area contributed by atoms with Crippen molar-refractivity contribution in [2.24, 2.45) is 0 Å². The summed E-state index contributed by atoms with van der Waals surface area (Å²) in [5.74, 6) is 0. The molecule has 3 nitrogen and oxygen atoms in total. The van der Waals surface area contributed by atoms with E-state index in [-0.39, 0.29) is 0 Å². The number of rotatable bonds is 12. The molecule has 7 aromatic rings. The Balaban J connectivity index is 1.25. The second-order valence-corrected chi connectivity index (χ2v) is 14.7. The van der Waals surface area contributed by atoms with Gasteiger partial charge in [-0.3, -0.25) is 0 Å². The molecule has 0 spiro atoms. The van der Waals surface area contributed by atoms with Crippen LogP contribution < -0.4 is 10.2 Å². The zero-order valence-corrected chi connectivity index (χ0v) is 31.5. The molecule has 1 aliphatic heterocycles. The number of benzene rings is 6. The van der Waals surface area contributed by atoms with E-state index in [1.807, 2.05) is 0 Å². The van der Waals surface area contributed by atoms with Crippen molar-refractivity contribution in [1.29, 1.82) is 0 Å². The molecule has 266 valence electrons. The van der Waals surface area contributed by atoms with E-state index in [9.17, 15) is 0 Å². The van der Waals surface area contributed by atoms with Gasteiger partial charge in [0.2, 0.25) is 11.4 Å². The van der Waals surface area contributed by atoms with Crippen LogP contribution in [-0.4, -0.2) is 21.4 Å². The third-order valence-electron chi connectivity index (χ3n) is 11.4. The maximum absolute atomic E-state index is 2.56. The lowest BCUT2D eigenvalue weighted by Gasteiger charge is -2.28. The molecule has 2 heterocycles. The van der Waals surface area contributed by atoms with Gasteiger partial charge in [-0.05, 0) is 83.7 Å². The molecule has 0 atom stereocenters. The Labute approximate surface area is 319 Å². The van der Waals surface area contributed by atoms with Crippen LogP contribution in [0, 0.1) is 0 Å². The molecule has 0 N–H and O–H groups in total. The highest BCUT2D eigenvalue weighted by Crippen LogP contribution is 2.42. The molecular formula is C51H48N3+. The first-order valence-corrected chi connectivity index (χ1v) is 19.9. The van der Waals surface area contributed by atoms with E-state index in [1.165, 1.54) is 83.0 Å². The average Bonchev–Trinajstić information content (AvgIpc) is 3.86. The lowest BCUT2D eigenvalue weighted by atomic mass is 10.0. The van der Waals surface area contributed by atoms with Gasteiger partial charge in [-0.1, -0.05) is 130 Å². The Morgan fingerprint density at radius 1 is 0.630 bits per heavy atom. The van der Waals surface area contributed by atoms with E-state index < -0.39 is 0 Å². The van der Waals surface area contributed by atoms with Crippen molar-refractivity contribution in [2.75, 3.05) is 11.4 Å². The molecule has 54 heavy (non-hydrogen) atoms. The summed E-state index contributed by atoms with van der Waals surface area (Å²) < 4.78 is 5.12. The number of aromatic nitrogens is 1.